The van der Waals surface area contributed by atoms with Gasteiger partial charge in [-0.15, -0.1) is 11.3 Å². The van der Waals surface area contributed by atoms with E-state index < -0.39 is 0 Å². The molecular formula is C17H20N4O2S2. The maximum Gasteiger partial charge on any atom is 0.262 e. The molecule has 0 amide bonds. The van der Waals surface area contributed by atoms with Gasteiger partial charge in [-0.1, -0.05) is 23.8 Å². The second kappa shape index (κ2) is 6.57. The van der Waals surface area contributed by atoms with Crippen LogP contribution < -0.4 is 5.56 Å². The van der Waals surface area contributed by atoms with E-state index in [2.05, 4.69) is 17.1 Å². The summed E-state index contributed by atoms with van der Waals surface area (Å²) in [5.41, 5.74) is 1.27. The third kappa shape index (κ3) is 2.91. The quantitative estimate of drug-likeness (QED) is 0.500. The highest BCUT2D eigenvalue weighted by molar-refractivity contribution is 7.99. The minimum atomic E-state index is -0.0551. The SMILES string of the molecule is CCCc1noc(C(C)Sc2nc3sc4c(c3c(=O)n2C)CCC4)n1. The van der Waals surface area contributed by atoms with Crippen LogP contribution in [0.15, 0.2) is 14.5 Å². The van der Waals surface area contributed by atoms with E-state index in [-0.39, 0.29) is 10.8 Å². The first-order valence-corrected chi connectivity index (χ1v) is 10.3. The summed E-state index contributed by atoms with van der Waals surface area (Å²) < 4.78 is 7.01. The molecule has 0 fully saturated rings. The lowest BCUT2D eigenvalue weighted by molar-refractivity contribution is 0.374. The van der Waals surface area contributed by atoms with E-state index >= 15 is 0 Å². The number of fused-ring (bicyclic) bond motifs is 3. The number of thiophene rings is 1. The smallest absolute Gasteiger partial charge is 0.262 e. The van der Waals surface area contributed by atoms with Crippen LogP contribution in [0.5, 0.6) is 0 Å². The van der Waals surface area contributed by atoms with Crippen molar-refractivity contribution in [2.24, 2.45) is 7.05 Å². The summed E-state index contributed by atoms with van der Waals surface area (Å²) in [4.78, 5) is 24.2. The van der Waals surface area contributed by atoms with Crippen molar-refractivity contribution in [3.8, 4) is 0 Å². The van der Waals surface area contributed by atoms with Crippen molar-refractivity contribution in [2.75, 3.05) is 0 Å². The normalized spacial score (nSPS) is 15.0. The molecule has 1 unspecified atom stereocenters. The first-order valence-electron chi connectivity index (χ1n) is 8.59. The van der Waals surface area contributed by atoms with Crippen molar-refractivity contribution in [3.63, 3.8) is 0 Å². The molecule has 25 heavy (non-hydrogen) atoms. The average molecular weight is 377 g/mol. The number of aromatic nitrogens is 4. The topological polar surface area (TPSA) is 73.8 Å². The van der Waals surface area contributed by atoms with Crippen LogP contribution in [0.1, 0.15) is 54.1 Å². The zero-order chi connectivity index (χ0) is 17.6. The predicted octanol–water partition coefficient (Wildman–Crippen LogP) is 3.67. The first-order chi connectivity index (χ1) is 12.1. The van der Waals surface area contributed by atoms with Crippen LogP contribution in [-0.2, 0) is 26.3 Å². The van der Waals surface area contributed by atoms with Gasteiger partial charge < -0.3 is 4.52 Å². The summed E-state index contributed by atoms with van der Waals surface area (Å²) in [7, 11) is 1.79. The summed E-state index contributed by atoms with van der Waals surface area (Å²) in [6, 6.07) is 0. The molecule has 132 valence electrons. The molecule has 1 atom stereocenters. The van der Waals surface area contributed by atoms with E-state index in [4.69, 9.17) is 9.51 Å². The Kier molecular flexibility index (Phi) is 4.41. The summed E-state index contributed by atoms with van der Waals surface area (Å²) in [6.07, 6.45) is 5.00. The average Bonchev–Trinajstić information content (AvgIpc) is 3.28. The molecule has 0 bridgehead atoms. The molecule has 0 saturated carbocycles. The molecular weight excluding hydrogens is 356 g/mol. The molecule has 0 saturated heterocycles. The van der Waals surface area contributed by atoms with Gasteiger partial charge in [-0.05, 0) is 38.2 Å². The van der Waals surface area contributed by atoms with Crippen LogP contribution in [0.25, 0.3) is 10.2 Å². The number of hydrogen-bond donors (Lipinski definition) is 0. The molecule has 0 aromatic carbocycles. The molecule has 3 aromatic heterocycles. The standard InChI is InChI=1S/C17H20N4O2S2/c1-4-6-12-18-14(23-20-12)9(2)24-17-19-15-13(16(22)21(17)3)10-7-5-8-11(10)25-15/h9H,4-8H2,1-3H3. The van der Waals surface area contributed by atoms with Crippen molar-refractivity contribution < 1.29 is 4.52 Å². The van der Waals surface area contributed by atoms with Gasteiger partial charge in [0.15, 0.2) is 11.0 Å². The molecule has 3 heterocycles. The van der Waals surface area contributed by atoms with Crippen LogP contribution in [0.2, 0.25) is 0 Å². The van der Waals surface area contributed by atoms with Gasteiger partial charge in [0.05, 0.1) is 10.6 Å². The maximum absolute atomic E-state index is 12.8. The fourth-order valence-corrected chi connectivity index (χ4v) is 5.38. The molecule has 0 radical (unpaired) electrons. The highest BCUT2D eigenvalue weighted by Gasteiger charge is 2.24. The second-order valence-corrected chi connectivity index (χ2v) is 8.75. The van der Waals surface area contributed by atoms with Gasteiger partial charge in [-0.2, -0.15) is 4.98 Å². The summed E-state index contributed by atoms with van der Waals surface area (Å²) in [5, 5.41) is 5.46. The lowest BCUT2D eigenvalue weighted by Gasteiger charge is -2.10. The van der Waals surface area contributed by atoms with Crippen molar-refractivity contribution >= 4 is 33.3 Å². The van der Waals surface area contributed by atoms with Crippen LogP contribution in [0, 0.1) is 0 Å². The van der Waals surface area contributed by atoms with E-state index in [0.717, 1.165) is 48.1 Å². The lowest BCUT2D eigenvalue weighted by Crippen LogP contribution is -2.20. The van der Waals surface area contributed by atoms with Crippen LogP contribution >= 0.6 is 23.1 Å². The van der Waals surface area contributed by atoms with Crippen molar-refractivity contribution in [1.82, 2.24) is 19.7 Å². The zero-order valence-corrected chi connectivity index (χ0v) is 16.2. The van der Waals surface area contributed by atoms with Crippen molar-refractivity contribution in [1.29, 1.82) is 0 Å². The van der Waals surface area contributed by atoms with Crippen LogP contribution in [-0.4, -0.2) is 19.7 Å². The summed E-state index contributed by atoms with van der Waals surface area (Å²) >= 11 is 3.15. The number of aryl methyl sites for hydroxylation is 3. The second-order valence-electron chi connectivity index (χ2n) is 6.35. The molecule has 1 aliphatic rings. The van der Waals surface area contributed by atoms with E-state index in [0.29, 0.717) is 11.0 Å². The molecule has 0 N–H and O–H groups in total. The molecule has 4 rings (SSSR count). The molecule has 3 aromatic rings. The van der Waals surface area contributed by atoms with Gasteiger partial charge >= 0.3 is 0 Å². The number of hydrogen-bond acceptors (Lipinski definition) is 7. The Morgan fingerprint density at radius 1 is 1.36 bits per heavy atom. The van der Waals surface area contributed by atoms with Gasteiger partial charge in [0.2, 0.25) is 5.89 Å². The Morgan fingerprint density at radius 3 is 3.00 bits per heavy atom. The Hall–Kier alpha value is -1.67. The zero-order valence-electron chi connectivity index (χ0n) is 14.5. The third-order valence-electron chi connectivity index (χ3n) is 4.49. The van der Waals surface area contributed by atoms with Crippen LogP contribution in [0.3, 0.4) is 0 Å². The van der Waals surface area contributed by atoms with Gasteiger partial charge in [-0.3, -0.25) is 9.36 Å². The van der Waals surface area contributed by atoms with E-state index in [1.54, 1.807) is 23.0 Å². The largest absolute Gasteiger partial charge is 0.338 e. The van der Waals surface area contributed by atoms with Gasteiger partial charge in [0.25, 0.3) is 5.56 Å². The highest BCUT2D eigenvalue weighted by Crippen LogP contribution is 2.37. The Morgan fingerprint density at radius 2 is 2.20 bits per heavy atom. The van der Waals surface area contributed by atoms with E-state index in [1.165, 1.54) is 22.2 Å². The maximum atomic E-state index is 12.8. The van der Waals surface area contributed by atoms with Gasteiger partial charge in [0, 0.05) is 18.3 Å². The molecule has 1 aliphatic carbocycles. The summed E-state index contributed by atoms with van der Waals surface area (Å²) in [6.45, 7) is 4.08. The number of nitrogens with zero attached hydrogens (tertiary/aromatic N) is 4. The fourth-order valence-electron chi connectivity index (χ4n) is 3.18. The van der Waals surface area contributed by atoms with Crippen LogP contribution in [0.4, 0.5) is 0 Å². The fraction of sp³-hybridized carbons (Fsp3) is 0.529. The van der Waals surface area contributed by atoms with Crippen molar-refractivity contribution in [3.05, 3.63) is 32.5 Å². The summed E-state index contributed by atoms with van der Waals surface area (Å²) in [5.74, 6) is 1.31. The van der Waals surface area contributed by atoms with Gasteiger partial charge in [-0.25, -0.2) is 4.98 Å². The first kappa shape index (κ1) is 16.8. The van der Waals surface area contributed by atoms with Gasteiger partial charge in [0.1, 0.15) is 4.83 Å². The minimum Gasteiger partial charge on any atom is -0.338 e. The highest BCUT2D eigenvalue weighted by atomic mass is 32.2. The molecule has 8 heteroatoms. The van der Waals surface area contributed by atoms with E-state index in [9.17, 15) is 4.79 Å². The Labute approximate surface area is 153 Å². The number of rotatable bonds is 5. The molecule has 0 spiro atoms. The lowest BCUT2D eigenvalue weighted by atomic mass is 10.2. The monoisotopic (exact) mass is 376 g/mol. The Bertz CT molecular complexity index is 989. The number of thioether (sulfide) groups is 1. The molecule has 0 aliphatic heterocycles. The van der Waals surface area contributed by atoms with Crippen molar-refractivity contribution in [2.45, 2.75) is 56.4 Å². The van der Waals surface area contributed by atoms with E-state index in [1.807, 2.05) is 6.92 Å². The predicted molar refractivity (Wildman–Crippen MR) is 99.5 cm³/mol. The minimum absolute atomic E-state index is 0.0521. The third-order valence-corrected chi connectivity index (χ3v) is 6.81. The Balaban J connectivity index is 1.67. The molecule has 6 nitrogen and oxygen atoms in total.